The van der Waals surface area contributed by atoms with Crippen LogP contribution in [0.3, 0.4) is 0 Å². The normalized spacial score (nSPS) is 11.0. The summed E-state index contributed by atoms with van der Waals surface area (Å²) < 4.78 is 14.9. The molecule has 3 aromatic rings. The monoisotopic (exact) mass is 384 g/mol. The molecule has 0 fully saturated rings. The average Bonchev–Trinajstić information content (AvgIpc) is 3.02. The molecular weight excluding hydrogens is 363 g/mol. The van der Waals surface area contributed by atoms with E-state index in [1.807, 2.05) is 55.8 Å². The Morgan fingerprint density at radius 3 is 2.41 bits per heavy atom. The average molecular weight is 384 g/mol. The molecule has 1 heterocycles. The highest BCUT2D eigenvalue weighted by Crippen LogP contribution is 2.24. The molecule has 3 rings (SSSR count). The van der Waals surface area contributed by atoms with Crippen molar-refractivity contribution in [2.45, 2.75) is 25.0 Å². The lowest BCUT2D eigenvalue weighted by Gasteiger charge is -2.26. The molecule has 1 aromatic heterocycles. The summed E-state index contributed by atoms with van der Waals surface area (Å²) in [6.07, 6.45) is 0. The summed E-state index contributed by atoms with van der Waals surface area (Å²) in [5, 5.41) is 8.99. The highest BCUT2D eigenvalue weighted by atomic mass is 32.2. The van der Waals surface area contributed by atoms with Gasteiger partial charge in [-0.2, -0.15) is 0 Å². The molecule has 27 heavy (non-hydrogen) atoms. The van der Waals surface area contributed by atoms with Gasteiger partial charge in [-0.25, -0.2) is 4.39 Å². The second kappa shape index (κ2) is 8.35. The molecule has 0 unspecified atom stereocenters. The second-order valence-corrected chi connectivity index (χ2v) is 7.30. The molecule has 0 aliphatic heterocycles. The Kier molecular flexibility index (Phi) is 5.91. The maximum Gasteiger partial charge on any atom is 0.237 e. The van der Waals surface area contributed by atoms with Crippen molar-refractivity contribution >= 4 is 23.4 Å². The molecule has 0 aliphatic carbocycles. The van der Waals surface area contributed by atoms with E-state index in [9.17, 15) is 9.18 Å². The van der Waals surface area contributed by atoms with E-state index in [1.165, 1.54) is 23.9 Å². The van der Waals surface area contributed by atoms with Crippen LogP contribution in [0.5, 0.6) is 0 Å². The first-order valence-corrected chi connectivity index (χ1v) is 9.61. The number of halogens is 1. The third-order valence-electron chi connectivity index (χ3n) is 4.08. The Balaban J connectivity index is 1.73. The molecular formula is C20H21FN4OS. The fourth-order valence-corrected chi connectivity index (χ4v) is 3.58. The van der Waals surface area contributed by atoms with Gasteiger partial charge in [-0.1, -0.05) is 30.0 Å². The van der Waals surface area contributed by atoms with Gasteiger partial charge < -0.3 is 9.47 Å². The molecule has 0 aliphatic rings. The van der Waals surface area contributed by atoms with E-state index in [4.69, 9.17) is 0 Å². The van der Waals surface area contributed by atoms with Crippen LogP contribution in [0.15, 0.2) is 59.8 Å². The van der Waals surface area contributed by atoms with Gasteiger partial charge in [-0.15, -0.1) is 10.2 Å². The summed E-state index contributed by atoms with van der Waals surface area (Å²) in [6.45, 7) is 3.98. The number of hydrogen-bond acceptors (Lipinski definition) is 4. The number of thioether (sulfide) groups is 1. The minimum Gasteiger partial charge on any atom is -0.309 e. The van der Waals surface area contributed by atoms with Crippen molar-refractivity contribution in [1.82, 2.24) is 14.8 Å². The molecule has 2 aromatic carbocycles. The van der Waals surface area contributed by atoms with Gasteiger partial charge in [-0.05, 0) is 50.2 Å². The maximum atomic E-state index is 13.1. The molecule has 0 radical (unpaired) electrons. The minimum atomic E-state index is -0.296. The van der Waals surface area contributed by atoms with Crippen LogP contribution in [-0.4, -0.2) is 32.5 Å². The summed E-state index contributed by atoms with van der Waals surface area (Å²) in [5.74, 6) is 0.597. The van der Waals surface area contributed by atoms with Crippen LogP contribution in [0, 0.1) is 5.82 Å². The number of carbonyl (C=O) groups is 1. The predicted molar refractivity (Wildman–Crippen MR) is 106 cm³/mol. The molecule has 0 saturated heterocycles. The molecule has 7 heteroatoms. The van der Waals surface area contributed by atoms with Crippen LogP contribution in [-0.2, 0) is 11.8 Å². The van der Waals surface area contributed by atoms with Crippen molar-refractivity contribution in [3.8, 4) is 11.4 Å². The van der Waals surface area contributed by atoms with E-state index in [0.717, 1.165) is 11.3 Å². The Hall–Kier alpha value is -2.67. The van der Waals surface area contributed by atoms with Gasteiger partial charge >= 0.3 is 0 Å². The third kappa shape index (κ3) is 4.36. The lowest BCUT2D eigenvalue weighted by Crippen LogP contribution is -2.38. The largest absolute Gasteiger partial charge is 0.309 e. The molecule has 0 N–H and O–H groups in total. The van der Waals surface area contributed by atoms with Gasteiger partial charge in [0.25, 0.3) is 0 Å². The first-order chi connectivity index (χ1) is 13.0. The number of aromatic nitrogens is 3. The van der Waals surface area contributed by atoms with Gasteiger partial charge in [-0.3, -0.25) is 4.79 Å². The van der Waals surface area contributed by atoms with Crippen LogP contribution >= 0.6 is 11.8 Å². The highest BCUT2D eigenvalue weighted by Gasteiger charge is 2.20. The van der Waals surface area contributed by atoms with Crippen LogP contribution in [0.25, 0.3) is 11.4 Å². The van der Waals surface area contributed by atoms with Gasteiger partial charge in [0.15, 0.2) is 11.0 Å². The predicted octanol–water partition coefficient (Wildman–Crippen LogP) is 4.15. The summed E-state index contributed by atoms with van der Waals surface area (Å²) in [4.78, 5) is 14.6. The van der Waals surface area contributed by atoms with E-state index in [2.05, 4.69) is 10.2 Å². The Bertz CT molecular complexity index is 909. The van der Waals surface area contributed by atoms with E-state index >= 15 is 0 Å². The fourth-order valence-electron chi connectivity index (χ4n) is 2.81. The van der Waals surface area contributed by atoms with Gasteiger partial charge in [0, 0.05) is 24.3 Å². The zero-order valence-electron chi connectivity index (χ0n) is 15.5. The third-order valence-corrected chi connectivity index (χ3v) is 5.09. The zero-order chi connectivity index (χ0) is 19.4. The van der Waals surface area contributed by atoms with Crippen LogP contribution in [0.4, 0.5) is 10.1 Å². The van der Waals surface area contributed by atoms with Crippen LogP contribution in [0.1, 0.15) is 13.8 Å². The van der Waals surface area contributed by atoms with Gasteiger partial charge in [0.1, 0.15) is 5.82 Å². The maximum absolute atomic E-state index is 13.1. The number of hydrogen-bond donors (Lipinski definition) is 0. The minimum absolute atomic E-state index is 0.00697. The summed E-state index contributed by atoms with van der Waals surface area (Å²) in [7, 11) is 1.84. The standard InChI is InChI=1S/C20H21FN4OS/c1-14(2)25(17-7-5-4-6-8-17)18(26)13-27-20-23-22-19(24(20)3)15-9-11-16(21)12-10-15/h4-12,14H,13H2,1-3H3. The second-order valence-electron chi connectivity index (χ2n) is 6.35. The number of nitrogens with zero attached hydrogens (tertiary/aromatic N) is 4. The topological polar surface area (TPSA) is 51.0 Å². The van der Waals surface area contributed by atoms with Crippen molar-refractivity contribution in [1.29, 1.82) is 0 Å². The number of para-hydroxylation sites is 1. The Morgan fingerprint density at radius 2 is 1.78 bits per heavy atom. The summed E-state index contributed by atoms with van der Waals surface area (Å²) in [6, 6.07) is 15.8. The molecule has 0 spiro atoms. The SMILES string of the molecule is CC(C)N(C(=O)CSc1nnc(-c2ccc(F)cc2)n1C)c1ccccc1. The van der Waals surface area contributed by atoms with Crippen LogP contribution < -0.4 is 4.90 Å². The van der Waals surface area contributed by atoms with Crippen molar-refractivity contribution in [3.63, 3.8) is 0 Å². The van der Waals surface area contributed by atoms with Crippen molar-refractivity contribution in [2.24, 2.45) is 7.05 Å². The van der Waals surface area contributed by atoms with E-state index < -0.39 is 0 Å². The molecule has 0 saturated carbocycles. The van der Waals surface area contributed by atoms with Crippen LogP contribution in [0.2, 0.25) is 0 Å². The number of benzene rings is 2. The molecule has 0 bridgehead atoms. The summed E-state index contributed by atoms with van der Waals surface area (Å²) in [5.41, 5.74) is 1.65. The van der Waals surface area contributed by atoms with Crippen molar-refractivity contribution in [3.05, 3.63) is 60.4 Å². The fraction of sp³-hybridized carbons (Fsp3) is 0.250. The Morgan fingerprint density at radius 1 is 1.11 bits per heavy atom. The Labute approximate surface area is 162 Å². The smallest absolute Gasteiger partial charge is 0.237 e. The number of anilines is 1. The molecule has 140 valence electrons. The number of rotatable bonds is 6. The highest BCUT2D eigenvalue weighted by molar-refractivity contribution is 7.99. The molecule has 5 nitrogen and oxygen atoms in total. The molecule has 1 amide bonds. The first-order valence-electron chi connectivity index (χ1n) is 8.62. The van der Waals surface area contributed by atoms with Crippen molar-refractivity contribution in [2.75, 3.05) is 10.7 Å². The first kappa shape index (κ1) is 19.1. The van der Waals surface area contributed by atoms with Crippen molar-refractivity contribution < 1.29 is 9.18 Å². The van der Waals surface area contributed by atoms with E-state index in [1.54, 1.807) is 17.0 Å². The van der Waals surface area contributed by atoms with Gasteiger partial charge in [0.05, 0.1) is 5.75 Å². The van der Waals surface area contributed by atoms with E-state index in [-0.39, 0.29) is 23.5 Å². The van der Waals surface area contributed by atoms with E-state index in [0.29, 0.717) is 11.0 Å². The number of carbonyl (C=O) groups excluding carboxylic acids is 1. The molecule has 0 atom stereocenters. The zero-order valence-corrected chi connectivity index (χ0v) is 16.3. The summed E-state index contributed by atoms with van der Waals surface area (Å²) >= 11 is 1.34. The van der Waals surface area contributed by atoms with Gasteiger partial charge in [0.2, 0.25) is 5.91 Å². The lowest BCUT2D eigenvalue weighted by molar-refractivity contribution is -0.116. The number of amides is 1. The lowest BCUT2D eigenvalue weighted by atomic mass is 10.2. The quantitative estimate of drug-likeness (QED) is 0.599.